The van der Waals surface area contributed by atoms with E-state index in [2.05, 4.69) is 0 Å². The van der Waals surface area contributed by atoms with Gasteiger partial charge in [0.1, 0.15) is 24.6 Å². The predicted molar refractivity (Wildman–Crippen MR) is 134 cm³/mol. The number of carbonyl (C=O) groups is 3. The number of phenolic OH excluding ortho intramolecular Hbond substituents is 1. The number of hydrogen-bond acceptors (Lipinski definition) is 6. The van der Waals surface area contributed by atoms with E-state index >= 15 is 0 Å². The van der Waals surface area contributed by atoms with Crippen molar-refractivity contribution in [3.63, 3.8) is 0 Å². The van der Waals surface area contributed by atoms with Crippen LogP contribution in [0.15, 0.2) is 42.5 Å². The summed E-state index contributed by atoms with van der Waals surface area (Å²) < 4.78 is 84.6. The summed E-state index contributed by atoms with van der Waals surface area (Å²) in [6.45, 7) is -0.835. The molecular formula is C27H28F6N4O5. The largest absolute Gasteiger partial charge is 0.508 e. The fourth-order valence-electron chi connectivity index (χ4n) is 5.08. The van der Waals surface area contributed by atoms with Crippen LogP contribution in [0.25, 0.3) is 0 Å². The molecule has 0 spiro atoms. The van der Waals surface area contributed by atoms with E-state index in [0.29, 0.717) is 24.1 Å². The summed E-state index contributed by atoms with van der Waals surface area (Å²) in [4.78, 5) is 43.4. The zero-order chi connectivity index (χ0) is 30.8. The second kappa shape index (κ2) is 12.1. The van der Waals surface area contributed by atoms with Gasteiger partial charge in [-0.15, -0.1) is 0 Å². The average Bonchev–Trinajstić information content (AvgIpc) is 2.92. The van der Waals surface area contributed by atoms with Crippen molar-refractivity contribution in [3.8, 4) is 5.75 Å². The smallest absolute Gasteiger partial charge is 0.416 e. The van der Waals surface area contributed by atoms with Gasteiger partial charge in [0.25, 0.3) is 0 Å². The Morgan fingerprint density at radius 1 is 0.976 bits per heavy atom. The van der Waals surface area contributed by atoms with Crippen LogP contribution in [0.3, 0.4) is 0 Å². The molecule has 9 nitrogen and oxygen atoms in total. The highest BCUT2D eigenvalue weighted by Crippen LogP contribution is 2.37. The third-order valence-electron chi connectivity index (χ3n) is 7.09. The van der Waals surface area contributed by atoms with Gasteiger partial charge in [-0.3, -0.25) is 14.5 Å². The lowest BCUT2D eigenvalue weighted by Crippen LogP contribution is -2.71. The zero-order valence-electron chi connectivity index (χ0n) is 22.1. The van der Waals surface area contributed by atoms with Crippen molar-refractivity contribution in [2.45, 2.75) is 57.0 Å². The molecule has 3 amide bonds. The summed E-state index contributed by atoms with van der Waals surface area (Å²) in [5.41, 5.74) is 2.68. The predicted octanol–water partition coefficient (Wildman–Crippen LogP) is 4.08. The number of amides is 3. The third-order valence-corrected chi connectivity index (χ3v) is 7.09. The molecule has 1 unspecified atom stereocenters. The van der Waals surface area contributed by atoms with Gasteiger partial charge in [0.15, 0.2) is 0 Å². The van der Waals surface area contributed by atoms with E-state index in [9.17, 15) is 45.8 Å². The van der Waals surface area contributed by atoms with Crippen LogP contribution >= 0.6 is 0 Å². The van der Waals surface area contributed by atoms with Crippen LogP contribution in [0, 0.1) is 0 Å². The lowest BCUT2D eigenvalue weighted by molar-refractivity contribution is -0.169. The summed E-state index contributed by atoms with van der Waals surface area (Å²) in [6.07, 6.45) is -11.8. The molecule has 42 heavy (non-hydrogen) atoms. The van der Waals surface area contributed by atoms with Gasteiger partial charge < -0.3 is 25.4 Å². The highest BCUT2D eigenvalue weighted by atomic mass is 19.4. The Morgan fingerprint density at radius 2 is 1.60 bits per heavy atom. The lowest BCUT2D eigenvalue weighted by Gasteiger charge is -2.51. The summed E-state index contributed by atoms with van der Waals surface area (Å²) in [6, 6.07) is 6.04. The van der Waals surface area contributed by atoms with Crippen LogP contribution in [0.4, 0.5) is 31.1 Å². The molecule has 228 valence electrons. The van der Waals surface area contributed by atoms with Gasteiger partial charge in [0.2, 0.25) is 11.8 Å². The first-order valence-corrected chi connectivity index (χ1v) is 13.0. The Balaban J connectivity index is 1.58. The number of ether oxygens (including phenoxy) is 1. The third kappa shape index (κ3) is 6.89. The Kier molecular flexibility index (Phi) is 8.89. The second-order valence-electron chi connectivity index (χ2n) is 10.0. The van der Waals surface area contributed by atoms with Gasteiger partial charge in [-0.05, 0) is 60.8 Å². The Hall–Kier alpha value is -4.01. The molecule has 3 N–H and O–H groups in total. The van der Waals surface area contributed by atoms with Gasteiger partial charge in [0.05, 0.1) is 17.7 Å². The number of hydrogen-bond donors (Lipinski definition) is 2. The molecule has 0 radical (unpaired) electrons. The van der Waals surface area contributed by atoms with E-state index < -0.39 is 59.9 Å². The van der Waals surface area contributed by atoms with E-state index in [4.69, 9.17) is 10.5 Å². The van der Waals surface area contributed by atoms with E-state index in [-0.39, 0.29) is 56.7 Å². The van der Waals surface area contributed by atoms with E-state index in [1.165, 1.54) is 21.9 Å². The zero-order valence-corrected chi connectivity index (χ0v) is 22.1. The molecule has 2 aromatic rings. The number of fused-ring (bicyclic) bond motifs is 1. The monoisotopic (exact) mass is 602 g/mol. The Labute approximate surface area is 236 Å². The van der Waals surface area contributed by atoms with Crippen LogP contribution in [-0.2, 0) is 39.8 Å². The summed E-state index contributed by atoms with van der Waals surface area (Å²) >= 11 is 0. The quantitative estimate of drug-likeness (QED) is 0.462. The lowest BCUT2D eigenvalue weighted by atomic mass is 9.99. The number of benzene rings is 2. The molecule has 0 saturated carbocycles. The molecule has 2 saturated heterocycles. The number of aromatic hydroxyl groups is 1. The van der Waals surface area contributed by atoms with Gasteiger partial charge in [-0.1, -0.05) is 12.1 Å². The van der Waals surface area contributed by atoms with Crippen molar-refractivity contribution in [1.82, 2.24) is 14.7 Å². The number of piperazine rings is 1. The molecule has 0 aromatic heterocycles. The number of nitrogens with zero attached hydrogens (tertiary/aromatic N) is 3. The van der Waals surface area contributed by atoms with Crippen LogP contribution < -0.4 is 5.73 Å². The van der Waals surface area contributed by atoms with Gasteiger partial charge in [0, 0.05) is 19.5 Å². The minimum atomic E-state index is -5.07. The first-order chi connectivity index (χ1) is 19.7. The maximum absolute atomic E-state index is 13.4. The molecule has 2 aromatic carbocycles. The topological polar surface area (TPSA) is 116 Å². The maximum Gasteiger partial charge on any atom is 0.416 e. The van der Waals surface area contributed by atoms with Crippen molar-refractivity contribution in [3.05, 3.63) is 64.7 Å². The summed E-state index contributed by atoms with van der Waals surface area (Å²) in [7, 11) is 0. The first-order valence-electron chi connectivity index (χ1n) is 13.0. The maximum atomic E-state index is 13.4. The second-order valence-corrected chi connectivity index (χ2v) is 10.0. The summed E-state index contributed by atoms with van der Waals surface area (Å²) in [5.74, 6) is -0.748. The molecule has 2 heterocycles. The molecule has 15 heteroatoms. The summed E-state index contributed by atoms with van der Waals surface area (Å²) in [5, 5.41) is 9.57. The highest BCUT2D eigenvalue weighted by molar-refractivity contribution is 5.90. The van der Waals surface area contributed by atoms with E-state index in [0.717, 1.165) is 4.90 Å². The van der Waals surface area contributed by atoms with Crippen LogP contribution in [0.5, 0.6) is 5.75 Å². The van der Waals surface area contributed by atoms with Gasteiger partial charge in [-0.25, -0.2) is 4.79 Å². The van der Waals surface area contributed by atoms with Crippen molar-refractivity contribution < 1.29 is 50.6 Å². The van der Waals surface area contributed by atoms with E-state index in [1.54, 1.807) is 12.1 Å². The molecule has 0 bridgehead atoms. The fourth-order valence-corrected chi connectivity index (χ4v) is 5.08. The van der Waals surface area contributed by atoms with Gasteiger partial charge >= 0.3 is 18.4 Å². The van der Waals surface area contributed by atoms with Crippen molar-refractivity contribution in [2.24, 2.45) is 5.73 Å². The average molecular weight is 603 g/mol. The standard InChI is InChI=1S/C27H28F6N4O5/c28-26(29,30)18-10-17(11-19(12-18)27(31,32)33)15-42-25(41)36-9-7-23(39)37-21(2-1-8-34)24(40)35(14-22(36)37)13-16-3-5-20(38)6-4-16/h3-6,10-12,21-22,38H,1-2,7-9,13-15,34H2/t21-,22?/m0/s1. The number of alkyl halides is 6. The number of phenols is 1. The fraction of sp³-hybridized carbons (Fsp3) is 0.444. The number of halogens is 6. The first kappa shape index (κ1) is 30.9. The molecule has 2 atom stereocenters. The van der Waals surface area contributed by atoms with Crippen LogP contribution in [0.1, 0.15) is 41.5 Å². The molecule has 2 aliphatic rings. The molecule has 2 fully saturated rings. The van der Waals surface area contributed by atoms with Crippen molar-refractivity contribution in [1.29, 1.82) is 0 Å². The molecule has 4 rings (SSSR count). The highest BCUT2D eigenvalue weighted by Gasteiger charge is 2.49. The van der Waals surface area contributed by atoms with Crippen LogP contribution in [0.2, 0.25) is 0 Å². The molecule has 2 aliphatic heterocycles. The Bertz CT molecular complexity index is 1290. The minimum Gasteiger partial charge on any atom is -0.508 e. The number of nitrogens with two attached hydrogens (primary N) is 1. The number of rotatable bonds is 7. The molecular weight excluding hydrogens is 574 g/mol. The number of carbonyl (C=O) groups excluding carboxylic acids is 3. The molecule has 0 aliphatic carbocycles. The van der Waals surface area contributed by atoms with Gasteiger partial charge in [-0.2, -0.15) is 26.3 Å². The Morgan fingerprint density at radius 3 is 2.17 bits per heavy atom. The van der Waals surface area contributed by atoms with Crippen LogP contribution in [-0.4, -0.2) is 69.6 Å². The normalized spacial score (nSPS) is 19.6. The van der Waals surface area contributed by atoms with E-state index in [1.807, 2.05) is 0 Å². The van der Waals surface area contributed by atoms with Crippen molar-refractivity contribution in [2.75, 3.05) is 19.6 Å². The van der Waals surface area contributed by atoms with Crippen molar-refractivity contribution >= 4 is 17.9 Å². The minimum absolute atomic E-state index is 0.0191. The SMILES string of the molecule is NCCC[C@H]1C(=O)N(Cc2ccc(O)cc2)CC2N(C(=O)OCc3cc(C(F)(F)F)cc(C(F)(F)F)c3)CCC(=O)N21.